The summed E-state index contributed by atoms with van der Waals surface area (Å²) >= 11 is 0. The topological polar surface area (TPSA) is 82.5 Å². The molecular formula is C14H23N3O3S. The number of aliphatic hydroxyl groups excluding tert-OH is 1. The Labute approximate surface area is 126 Å². The summed E-state index contributed by atoms with van der Waals surface area (Å²) in [5.41, 5.74) is 0.590. The van der Waals surface area contributed by atoms with Crippen molar-refractivity contribution in [3.05, 3.63) is 18.5 Å². The molecule has 1 aromatic rings. The van der Waals surface area contributed by atoms with Gasteiger partial charge in [0.05, 0.1) is 11.8 Å². The third-order valence-corrected chi connectivity index (χ3v) is 5.62. The van der Waals surface area contributed by atoms with Crippen LogP contribution in [0, 0.1) is 5.92 Å². The van der Waals surface area contributed by atoms with E-state index in [1.807, 2.05) is 6.92 Å². The van der Waals surface area contributed by atoms with Crippen molar-refractivity contribution in [1.82, 2.24) is 9.29 Å². The van der Waals surface area contributed by atoms with Crippen molar-refractivity contribution in [3.63, 3.8) is 0 Å². The van der Waals surface area contributed by atoms with Crippen LogP contribution in [0.3, 0.4) is 0 Å². The molecule has 1 aliphatic carbocycles. The van der Waals surface area contributed by atoms with Gasteiger partial charge in [0.15, 0.2) is 0 Å². The summed E-state index contributed by atoms with van der Waals surface area (Å²) in [6.07, 6.45) is 4.96. The molecular weight excluding hydrogens is 290 g/mol. The summed E-state index contributed by atoms with van der Waals surface area (Å²) in [6.45, 7) is 3.17. The summed E-state index contributed by atoms with van der Waals surface area (Å²) in [7, 11) is -1.98. The van der Waals surface area contributed by atoms with Gasteiger partial charge in [0.25, 0.3) is 0 Å². The molecule has 0 radical (unpaired) electrons. The molecule has 21 heavy (non-hydrogen) atoms. The molecule has 0 aliphatic heterocycles. The number of anilines is 1. The Hall–Kier alpha value is -1.18. The minimum atomic E-state index is -3.56. The number of aliphatic hydroxyl groups is 1. The van der Waals surface area contributed by atoms with Crippen LogP contribution in [0.2, 0.25) is 0 Å². The Morgan fingerprint density at radius 1 is 1.48 bits per heavy atom. The minimum Gasteiger partial charge on any atom is -0.393 e. The quantitative estimate of drug-likeness (QED) is 0.793. The fraction of sp³-hybridized carbons (Fsp3) is 0.643. The highest BCUT2D eigenvalue weighted by atomic mass is 32.2. The first-order valence-electron chi connectivity index (χ1n) is 7.27. The van der Waals surface area contributed by atoms with Crippen molar-refractivity contribution < 1.29 is 13.5 Å². The molecule has 1 aromatic heterocycles. The molecule has 1 saturated carbocycles. The molecule has 0 bridgehead atoms. The zero-order chi connectivity index (χ0) is 15.5. The maximum Gasteiger partial charge on any atom is 0.246 e. The first-order chi connectivity index (χ1) is 9.95. The Morgan fingerprint density at radius 3 is 2.81 bits per heavy atom. The standard InChI is InChI=1S/C14H23N3O3S/c1-3-5-16-13-4-6-15-9-14(13)21(19,20)17(2)10-11-7-12(18)8-11/h4,6,9,11-12,18H,3,5,7-8,10H2,1-2H3,(H,15,16). The lowest BCUT2D eigenvalue weighted by molar-refractivity contribution is 0.0367. The number of aromatic nitrogens is 1. The Kier molecular flexibility index (Phi) is 5.18. The second-order valence-electron chi connectivity index (χ2n) is 5.58. The maximum absolute atomic E-state index is 12.7. The summed E-state index contributed by atoms with van der Waals surface area (Å²) in [6, 6.07) is 1.68. The molecule has 1 aliphatic rings. The largest absolute Gasteiger partial charge is 0.393 e. The van der Waals surface area contributed by atoms with Crippen LogP contribution in [0.25, 0.3) is 0 Å². The van der Waals surface area contributed by atoms with E-state index in [4.69, 9.17) is 0 Å². The molecule has 0 saturated heterocycles. The third kappa shape index (κ3) is 3.72. The Bertz CT molecular complexity index is 571. The molecule has 0 atom stereocenters. The van der Waals surface area contributed by atoms with E-state index >= 15 is 0 Å². The van der Waals surface area contributed by atoms with Gasteiger partial charge in [-0.2, -0.15) is 0 Å². The van der Waals surface area contributed by atoms with E-state index in [9.17, 15) is 13.5 Å². The lowest BCUT2D eigenvalue weighted by Crippen LogP contribution is -2.39. The van der Waals surface area contributed by atoms with Crippen LogP contribution in [-0.4, -0.2) is 49.1 Å². The van der Waals surface area contributed by atoms with E-state index in [1.165, 1.54) is 10.5 Å². The molecule has 0 amide bonds. The smallest absolute Gasteiger partial charge is 0.246 e. The van der Waals surface area contributed by atoms with Crippen LogP contribution in [0.4, 0.5) is 5.69 Å². The van der Waals surface area contributed by atoms with Crippen molar-refractivity contribution in [2.45, 2.75) is 37.2 Å². The molecule has 1 heterocycles. The van der Waals surface area contributed by atoms with Gasteiger partial charge in [-0.25, -0.2) is 12.7 Å². The van der Waals surface area contributed by atoms with Crippen molar-refractivity contribution >= 4 is 15.7 Å². The fourth-order valence-electron chi connectivity index (χ4n) is 2.47. The van der Waals surface area contributed by atoms with Gasteiger partial charge in [-0.15, -0.1) is 0 Å². The monoisotopic (exact) mass is 313 g/mol. The number of rotatable bonds is 7. The summed E-state index contributed by atoms with van der Waals surface area (Å²) < 4.78 is 26.7. The van der Waals surface area contributed by atoms with Crippen molar-refractivity contribution in [2.75, 3.05) is 25.5 Å². The van der Waals surface area contributed by atoms with E-state index in [2.05, 4.69) is 10.3 Å². The molecule has 118 valence electrons. The van der Waals surface area contributed by atoms with Gasteiger partial charge in [0.2, 0.25) is 10.0 Å². The van der Waals surface area contributed by atoms with Crippen LogP contribution in [0.1, 0.15) is 26.2 Å². The van der Waals surface area contributed by atoms with E-state index < -0.39 is 10.0 Å². The predicted octanol–water partition coefficient (Wildman–Crippen LogP) is 1.29. The predicted molar refractivity (Wildman–Crippen MR) is 81.6 cm³/mol. The van der Waals surface area contributed by atoms with E-state index in [0.717, 1.165) is 6.42 Å². The summed E-state index contributed by atoms with van der Waals surface area (Å²) in [4.78, 5) is 4.15. The molecule has 0 unspecified atom stereocenters. The highest BCUT2D eigenvalue weighted by Crippen LogP contribution is 2.30. The second kappa shape index (κ2) is 6.72. The van der Waals surface area contributed by atoms with Gasteiger partial charge in [-0.3, -0.25) is 4.98 Å². The molecule has 0 spiro atoms. The lowest BCUT2D eigenvalue weighted by Gasteiger charge is -2.34. The number of pyridine rings is 1. The van der Waals surface area contributed by atoms with Crippen LogP contribution < -0.4 is 5.32 Å². The van der Waals surface area contributed by atoms with Crippen molar-refractivity contribution in [3.8, 4) is 0 Å². The van der Waals surface area contributed by atoms with Gasteiger partial charge in [0.1, 0.15) is 4.90 Å². The van der Waals surface area contributed by atoms with Crippen LogP contribution in [0.15, 0.2) is 23.4 Å². The van der Waals surface area contributed by atoms with Crippen LogP contribution in [-0.2, 0) is 10.0 Å². The minimum absolute atomic E-state index is 0.209. The van der Waals surface area contributed by atoms with Crippen LogP contribution in [0.5, 0.6) is 0 Å². The average Bonchev–Trinajstić information content (AvgIpc) is 2.43. The van der Waals surface area contributed by atoms with E-state index in [1.54, 1.807) is 19.3 Å². The highest BCUT2D eigenvalue weighted by Gasteiger charge is 2.32. The van der Waals surface area contributed by atoms with Gasteiger partial charge >= 0.3 is 0 Å². The second-order valence-corrected chi connectivity index (χ2v) is 7.59. The van der Waals surface area contributed by atoms with Gasteiger partial charge < -0.3 is 10.4 Å². The summed E-state index contributed by atoms with van der Waals surface area (Å²) in [5.74, 6) is 0.239. The Balaban J connectivity index is 2.14. The number of hydrogen-bond acceptors (Lipinski definition) is 5. The molecule has 0 aromatic carbocycles. The van der Waals surface area contributed by atoms with Gasteiger partial charge in [0, 0.05) is 32.5 Å². The lowest BCUT2D eigenvalue weighted by atomic mass is 9.82. The third-order valence-electron chi connectivity index (χ3n) is 3.76. The first kappa shape index (κ1) is 16.2. The molecule has 7 heteroatoms. The maximum atomic E-state index is 12.7. The zero-order valence-corrected chi connectivity index (χ0v) is 13.3. The van der Waals surface area contributed by atoms with E-state index in [0.29, 0.717) is 31.6 Å². The van der Waals surface area contributed by atoms with E-state index in [-0.39, 0.29) is 16.9 Å². The molecule has 2 N–H and O–H groups in total. The fourth-order valence-corrected chi connectivity index (χ4v) is 3.83. The Morgan fingerprint density at radius 2 is 2.19 bits per heavy atom. The molecule has 2 rings (SSSR count). The van der Waals surface area contributed by atoms with Gasteiger partial charge in [-0.1, -0.05) is 6.92 Å². The number of hydrogen-bond donors (Lipinski definition) is 2. The molecule has 1 fully saturated rings. The van der Waals surface area contributed by atoms with Crippen molar-refractivity contribution in [1.29, 1.82) is 0 Å². The number of nitrogens with zero attached hydrogens (tertiary/aromatic N) is 2. The summed E-state index contributed by atoms with van der Waals surface area (Å²) in [5, 5.41) is 12.4. The van der Waals surface area contributed by atoms with Crippen LogP contribution >= 0.6 is 0 Å². The zero-order valence-electron chi connectivity index (χ0n) is 12.5. The average molecular weight is 313 g/mol. The number of sulfonamides is 1. The highest BCUT2D eigenvalue weighted by molar-refractivity contribution is 7.89. The number of nitrogens with one attached hydrogen (secondary N) is 1. The van der Waals surface area contributed by atoms with Gasteiger partial charge in [-0.05, 0) is 31.2 Å². The first-order valence-corrected chi connectivity index (χ1v) is 8.71. The normalized spacial score (nSPS) is 22.1. The van der Waals surface area contributed by atoms with Crippen molar-refractivity contribution in [2.24, 2.45) is 5.92 Å². The molecule has 6 nitrogen and oxygen atoms in total. The SMILES string of the molecule is CCCNc1ccncc1S(=O)(=O)N(C)CC1CC(O)C1.